The van der Waals surface area contributed by atoms with E-state index < -0.39 is 25.2 Å². The number of aromatic nitrogens is 1. The first kappa shape index (κ1) is 23.1. The molecule has 0 radical (unpaired) electrons. The summed E-state index contributed by atoms with van der Waals surface area (Å²) in [6.07, 6.45) is 8.87. The zero-order valence-electron chi connectivity index (χ0n) is 17.0. The summed E-state index contributed by atoms with van der Waals surface area (Å²) < 4.78 is 26.5. The van der Waals surface area contributed by atoms with Crippen LogP contribution in [0.2, 0.25) is 10.0 Å². The third kappa shape index (κ3) is 4.98. The maximum atomic E-state index is 13.2. The van der Waals surface area contributed by atoms with E-state index in [1.165, 1.54) is 0 Å². The lowest BCUT2D eigenvalue weighted by Gasteiger charge is -2.36. The fourth-order valence-electron chi connectivity index (χ4n) is 4.09. The van der Waals surface area contributed by atoms with Crippen LogP contribution in [-0.2, 0) is 16.3 Å². The van der Waals surface area contributed by atoms with Crippen LogP contribution in [0.1, 0.15) is 31.0 Å². The van der Waals surface area contributed by atoms with Crippen molar-refractivity contribution < 1.29 is 8.42 Å². The largest absolute Gasteiger partial charge is 0.348 e. The third-order valence-electron chi connectivity index (χ3n) is 5.82. The first-order valence-electron chi connectivity index (χ1n) is 10.1. The molecule has 0 saturated carbocycles. The predicted octanol–water partition coefficient (Wildman–Crippen LogP) is 5.92. The van der Waals surface area contributed by atoms with Gasteiger partial charge in [-0.15, -0.1) is 22.9 Å². The highest BCUT2D eigenvalue weighted by atomic mass is 35.5. The van der Waals surface area contributed by atoms with Gasteiger partial charge in [0.25, 0.3) is 0 Å². The Hall–Kier alpha value is -1.05. The standard InChI is InChI=1S/C22H23Cl3N2O2S2/c1-22(25)9-3-2-4-20(22)31(28,29)17-7-10-27(11-8-17)21-26-16(14-30-21)12-15-5-6-18(23)19(24)13-15/h2-6,9,13-14,17,20H,7-8,10-12H2,1H3. The van der Waals surface area contributed by atoms with E-state index in [2.05, 4.69) is 4.90 Å². The van der Waals surface area contributed by atoms with Gasteiger partial charge in [-0.1, -0.05) is 53.6 Å². The van der Waals surface area contributed by atoms with Gasteiger partial charge >= 0.3 is 0 Å². The highest BCUT2D eigenvalue weighted by Gasteiger charge is 2.44. The van der Waals surface area contributed by atoms with Crippen LogP contribution in [0, 0.1) is 0 Å². The first-order chi connectivity index (χ1) is 14.7. The van der Waals surface area contributed by atoms with Gasteiger partial charge in [-0.25, -0.2) is 13.4 Å². The number of allylic oxidation sites excluding steroid dienone is 3. The smallest absolute Gasteiger partial charge is 0.185 e. The summed E-state index contributed by atoms with van der Waals surface area (Å²) in [6, 6.07) is 5.60. The van der Waals surface area contributed by atoms with Gasteiger partial charge in [0, 0.05) is 24.9 Å². The van der Waals surface area contributed by atoms with Crippen molar-refractivity contribution >= 4 is 61.1 Å². The molecule has 4 rings (SSSR count). The van der Waals surface area contributed by atoms with Gasteiger partial charge < -0.3 is 4.90 Å². The van der Waals surface area contributed by atoms with Crippen LogP contribution in [0.5, 0.6) is 0 Å². The van der Waals surface area contributed by atoms with E-state index in [1.807, 2.05) is 17.5 Å². The average Bonchev–Trinajstić information content (AvgIpc) is 3.19. The highest BCUT2D eigenvalue weighted by molar-refractivity contribution is 7.93. The Morgan fingerprint density at radius 3 is 2.61 bits per heavy atom. The molecule has 31 heavy (non-hydrogen) atoms. The Morgan fingerprint density at radius 2 is 1.94 bits per heavy atom. The number of anilines is 1. The second kappa shape index (κ2) is 9.06. The molecule has 2 unspecified atom stereocenters. The van der Waals surface area contributed by atoms with Crippen LogP contribution < -0.4 is 4.90 Å². The van der Waals surface area contributed by atoms with Crippen LogP contribution in [-0.4, -0.2) is 41.9 Å². The minimum atomic E-state index is -3.38. The number of hydrogen-bond donors (Lipinski definition) is 0. The number of rotatable bonds is 5. The monoisotopic (exact) mass is 516 g/mol. The molecule has 0 amide bonds. The molecule has 1 saturated heterocycles. The number of sulfone groups is 1. The summed E-state index contributed by atoms with van der Waals surface area (Å²) >= 11 is 20.2. The summed E-state index contributed by atoms with van der Waals surface area (Å²) in [7, 11) is -3.38. The quantitative estimate of drug-likeness (QED) is 0.462. The molecular weight excluding hydrogens is 495 g/mol. The van der Waals surface area contributed by atoms with Crippen molar-refractivity contribution in [3.8, 4) is 0 Å². The molecule has 1 aromatic heterocycles. The Balaban J connectivity index is 1.39. The first-order valence-corrected chi connectivity index (χ1v) is 13.7. The average molecular weight is 518 g/mol. The van der Waals surface area contributed by atoms with Gasteiger partial charge in [0.05, 0.1) is 25.9 Å². The van der Waals surface area contributed by atoms with Crippen LogP contribution in [0.25, 0.3) is 0 Å². The summed E-state index contributed by atoms with van der Waals surface area (Å²) in [5.74, 6) is 0. The Bertz CT molecular complexity index is 1120. The second-order valence-corrected chi connectivity index (χ2v) is 13.0. The molecule has 1 aliphatic carbocycles. The molecule has 1 aliphatic heterocycles. The number of alkyl halides is 1. The van der Waals surface area contributed by atoms with Gasteiger partial charge in [0.2, 0.25) is 0 Å². The Morgan fingerprint density at radius 1 is 1.19 bits per heavy atom. The summed E-state index contributed by atoms with van der Waals surface area (Å²) in [5.41, 5.74) is 2.01. The maximum Gasteiger partial charge on any atom is 0.185 e. The van der Waals surface area contributed by atoms with Gasteiger partial charge in [-0.3, -0.25) is 0 Å². The van der Waals surface area contributed by atoms with Crippen molar-refractivity contribution in [2.45, 2.75) is 41.6 Å². The van der Waals surface area contributed by atoms with E-state index in [1.54, 1.807) is 48.6 Å². The molecule has 2 aromatic rings. The van der Waals surface area contributed by atoms with Crippen molar-refractivity contribution in [3.05, 3.63) is 69.2 Å². The van der Waals surface area contributed by atoms with E-state index in [-0.39, 0.29) is 0 Å². The van der Waals surface area contributed by atoms with Gasteiger partial charge in [0.15, 0.2) is 15.0 Å². The Kier molecular flexibility index (Phi) is 6.76. The predicted molar refractivity (Wildman–Crippen MR) is 132 cm³/mol. The molecule has 4 nitrogen and oxygen atoms in total. The third-order valence-corrected chi connectivity index (χ3v) is 10.8. The summed E-state index contributed by atoms with van der Waals surface area (Å²) in [4.78, 5) is 6.03. The van der Waals surface area contributed by atoms with Crippen molar-refractivity contribution in [1.82, 2.24) is 4.98 Å². The number of hydrogen-bond acceptors (Lipinski definition) is 5. The number of piperidine rings is 1. The lowest BCUT2D eigenvalue weighted by atomic mass is 10.0. The minimum absolute atomic E-state index is 0.390. The molecule has 1 aromatic carbocycles. The van der Waals surface area contributed by atoms with Crippen molar-refractivity contribution in [2.75, 3.05) is 18.0 Å². The summed E-state index contributed by atoms with van der Waals surface area (Å²) in [6.45, 7) is 3.08. The molecule has 0 bridgehead atoms. The lowest BCUT2D eigenvalue weighted by molar-refractivity contribution is 0.518. The van der Waals surface area contributed by atoms with Crippen LogP contribution >= 0.6 is 46.1 Å². The second-order valence-electron chi connectivity index (χ2n) is 8.14. The molecule has 2 aliphatic rings. The molecule has 166 valence electrons. The number of benzene rings is 1. The fourth-order valence-corrected chi connectivity index (χ4v) is 8.12. The molecule has 0 N–H and O–H groups in total. The highest BCUT2D eigenvalue weighted by Crippen LogP contribution is 2.36. The van der Waals surface area contributed by atoms with Crippen molar-refractivity contribution in [2.24, 2.45) is 0 Å². The normalized spacial score (nSPS) is 24.6. The number of halogens is 3. The topological polar surface area (TPSA) is 50.3 Å². The SMILES string of the molecule is CC1(Cl)C=CC=CC1S(=O)(=O)C1CCN(c2nc(Cc3ccc(Cl)c(Cl)c3)cs2)CC1. The Labute approximate surface area is 202 Å². The zero-order chi connectivity index (χ0) is 22.2. The minimum Gasteiger partial charge on any atom is -0.348 e. The van der Waals surface area contributed by atoms with E-state index in [0.717, 1.165) is 16.4 Å². The van der Waals surface area contributed by atoms with Crippen LogP contribution in [0.4, 0.5) is 5.13 Å². The number of thiazole rings is 1. The van der Waals surface area contributed by atoms with E-state index in [4.69, 9.17) is 39.8 Å². The van der Waals surface area contributed by atoms with E-state index >= 15 is 0 Å². The van der Waals surface area contributed by atoms with Crippen LogP contribution in [0.3, 0.4) is 0 Å². The maximum absolute atomic E-state index is 13.2. The van der Waals surface area contributed by atoms with Gasteiger partial charge in [0.1, 0.15) is 5.25 Å². The lowest BCUT2D eigenvalue weighted by Crippen LogP contribution is -2.47. The molecule has 2 heterocycles. The van der Waals surface area contributed by atoms with Gasteiger partial charge in [-0.2, -0.15) is 0 Å². The zero-order valence-corrected chi connectivity index (χ0v) is 20.9. The van der Waals surface area contributed by atoms with E-state index in [0.29, 0.717) is 42.4 Å². The number of nitrogens with zero attached hydrogens (tertiary/aromatic N) is 2. The molecule has 9 heteroatoms. The molecule has 0 spiro atoms. The molecule has 2 atom stereocenters. The summed E-state index contributed by atoms with van der Waals surface area (Å²) in [5, 5.41) is 2.96. The molecular formula is C22H23Cl3N2O2S2. The van der Waals surface area contributed by atoms with Crippen LogP contribution in [0.15, 0.2) is 47.9 Å². The van der Waals surface area contributed by atoms with E-state index in [9.17, 15) is 8.42 Å². The van der Waals surface area contributed by atoms with Gasteiger partial charge in [-0.05, 0) is 37.5 Å². The van der Waals surface area contributed by atoms with Crippen molar-refractivity contribution in [3.63, 3.8) is 0 Å². The fraction of sp³-hybridized carbons (Fsp3) is 0.409. The van der Waals surface area contributed by atoms with Crippen molar-refractivity contribution in [1.29, 1.82) is 0 Å². The molecule has 1 fully saturated rings.